The largest absolute Gasteiger partial charge is 0.459 e. The van der Waals surface area contributed by atoms with E-state index in [1.54, 1.807) is 26.0 Å². The summed E-state index contributed by atoms with van der Waals surface area (Å²) >= 11 is 0. The fraction of sp³-hybridized carbons (Fsp3) is 0.412. The zero-order chi connectivity index (χ0) is 17.9. The molecule has 0 bridgehead atoms. The summed E-state index contributed by atoms with van der Waals surface area (Å²) < 4.78 is 5.39. The Kier molecular flexibility index (Phi) is 5.33. The highest BCUT2D eigenvalue weighted by Gasteiger charge is 2.33. The summed E-state index contributed by atoms with van der Waals surface area (Å²) in [5.74, 6) is -1.29. The van der Waals surface area contributed by atoms with Crippen LogP contribution in [-0.2, 0) is 14.3 Å². The lowest BCUT2D eigenvalue weighted by Gasteiger charge is -2.27. The molecule has 0 saturated heterocycles. The summed E-state index contributed by atoms with van der Waals surface area (Å²) in [6.07, 6.45) is 0.469. The Balaban J connectivity index is 2.43. The minimum absolute atomic E-state index is 0.0451. The van der Waals surface area contributed by atoms with Crippen LogP contribution in [0.15, 0.2) is 35.5 Å². The van der Waals surface area contributed by atoms with Crippen LogP contribution in [-0.4, -0.2) is 22.9 Å². The van der Waals surface area contributed by atoms with Crippen molar-refractivity contribution in [3.63, 3.8) is 0 Å². The smallest absolute Gasteiger partial charge is 0.336 e. The lowest BCUT2D eigenvalue weighted by atomic mass is 9.84. The van der Waals surface area contributed by atoms with E-state index < -0.39 is 16.8 Å². The van der Waals surface area contributed by atoms with E-state index in [-0.39, 0.29) is 24.1 Å². The van der Waals surface area contributed by atoms with E-state index in [0.717, 1.165) is 0 Å². The number of carbonyl (C=O) groups excluding carboxylic acids is 2. The van der Waals surface area contributed by atoms with Crippen molar-refractivity contribution >= 4 is 17.6 Å². The first kappa shape index (κ1) is 17.7. The summed E-state index contributed by atoms with van der Waals surface area (Å²) in [5.41, 5.74) is 1.24. The van der Waals surface area contributed by atoms with Gasteiger partial charge < -0.3 is 10.1 Å². The first-order valence-electron chi connectivity index (χ1n) is 7.79. The van der Waals surface area contributed by atoms with Crippen LogP contribution in [0.1, 0.15) is 45.1 Å². The van der Waals surface area contributed by atoms with Gasteiger partial charge in [0.2, 0.25) is 5.91 Å². The Bertz CT molecular complexity index is 711. The van der Waals surface area contributed by atoms with E-state index in [4.69, 9.17) is 4.74 Å². The van der Waals surface area contributed by atoms with Crippen LogP contribution in [0.2, 0.25) is 0 Å². The Morgan fingerprint density at radius 2 is 2.21 bits per heavy atom. The Labute approximate surface area is 139 Å². The number of ether oxygens (including phenoxy) is 1. The number of amides is 1. The zero-order valence-electron chi connectivity index (χ0n) is 13.9. The minimum Gasteiger partial charge on any atom is -0.459 e. The van der Waals surface area contributed by atoms with E-state index in [1.807, 2.05) is 6.92 Å². The predicted molar refractivity (Wildman–Crippen MR) is 87.1 cm³/mol. The predicted octanol–water partition coefficient (Wildman–Crippen LogP) is 2.81. The van der Waals surface area contributed by atoms with E-state index in [1.165, 1.54) is 12.1 Å². The molecule has 1 aromatic carbocycles. The summed E-state index contributed by atoms with van der Waals surface area (Å²) in [6.45, 7) is 5.33. The van der Waals surface area contributed by atoms with Crippen LogP contribution in [0.5, 0.6) is 0 Å². The fourth-order valence-corrected chi connectivity index (χ4v) is 2.64. The van der Waals surface area contributed by atoms with Crippen LogP contribution in [0.4, 0.5) is 5.69 Å². The SMILES string of the molecule is CC[C@@H](C)OC(=O)C1=C(C)NC(=O)C[C@@H]1c1cccc([N+](=O)[O-])c1. The van der Waals surface area contributed by atoms with Gasteiger partial charge in [0.1, 0.15) is 0 Å². The number of hydrogen-bond acceptors (Lipinski definition) is 5. The average Bonchev–Trinajstić information content (AvgIpc) is 2.53. The number of allylic oxidation sites excluding steroid dienone is 1. The number of nitrogens with one attached hydrogen (secondary N) is 1. The number of rotatable bonds is 5. The second-order valence-corrected chi connectivity index (χ2v) is 5.82. The summed E-state index contributed by atoms with van der Waals surface area (Å²) in [4.78, 5) is 34.9. The monoisotopic (exact) mass is 332 g/mol. The molecule has 1 amide bonds. The zero-order valence-corrected chi connectivity index (χ0v) is 13.9. The third-order valence-electron chi connectivity index (χ3n) is 4.06. The number of nitro groups is 1. The molecule has 1 N–H and O–H groups in total. The maximum absolute atomic E-state index is 12.5. The number of nitrogens with zero attached hydrogens (tertiary/aromatic N) is 1. The molecule has 1 aliphatic heterocycles. The molecule has 0 spiro atoms. The van der Waals surface area contributed by atoms with Crippen LogP contribution in [0, 0.1) is 10.1 Å². The first-order valence-corrected chi connectivity index (χ1v) is 7.79. The van der Waals surface area contributed by atoms with Gasteiger partial charge in [-0.3, -0.25) is 14.9 Å². The van der Waals surface area contributed by atoms with E-state index >= 15 is 0 Å². The van der Waals surface area contributed by atoms with Gasteiger partial charge in [-0.25, -0.2) is 4.79 Å². The molecule has 0 fully saturated rings. The van der Waals surface area contributed by atoms with Crippen molar-refractivity contribution in [1.29, 1.82) is 0 Å². The lowest BCUT2D eigenvalue weighted by Crippen LogP contribution is -2.34. The third-order valence-corrected chi connectivity index (χ3v) is 4.06. The van der Waals surface area contributed by atoms with E-state index in [9.17, 15) is 19.7 Å². The van der Waals surface area contributed by atoms with Gasteiger partial charge in [0.05, 0.1) is 16.6 Å². The van der Waals surface area contributed by atoms with Gasteiger partial charge in [0, 0.05) is 30.2 Å². The molecule has 0 radical (unpaired) electrons. The molecule has 0 aromatic heterocycles. The number of hydrogen-bond donors (Lipinski definition) is 1. The average molecular weight is 332 g/mol. The first-order chi connectivity index (χ1) is 11.3. The molecule has 2 rings (SSSR count). The summed E-state index contributed by atoms with van der Waals surface area (Å²) in [6, 6.07) is 6.00. The second kappa shape index (κ2) is 7.25. The molecule has 1 heterocycles. The van der Waals surface area contributed by atoms with Crippen molar-refractivity contribution in [2.75, 3.05) is 0 Å². The van der Waals surface area contributed by atoms with Crippen LogP contribution in [0.3, 0.4) is 0 Å². The number of esters is 1. The molecule has 0 unspecified atom stereocenters. The minimum atomic E-state index is -0.560. The van der Waals surface area contributed by atoms with Gasteiger partial charge in [-0.15, -0.1) is 0 Å². The standard InChI is InChI=1S/C17H20N2O5/c1-4-10(2)24-17(21)16-11(3)18-15(20)9-14(16)12-6-5-7-13(8-12)19(22)23/h5-8,10,14H,4,9H2,1-3H3,(H,18,20)/t10-,14-/m1/s1. The second-order valence-electron chi connectivity index (χ2n) is 5.82. The third kappa shape index (κ3) is 3.79. The number of benzene rings is 1. The van der Waals surface area contributed by atoms with Crippen molar-refractivity contribution in [3.05, 3.63) is 51.2 Å². The molecule has 7 nitrogen and oxygen atoms in total. The molecule has 1 aromatic rings. The van der Waals surface area contributed by atoms with Crippen molar-refractivity contribution < 1.29 is 19.2 Å². The maximum Gasteiger partial charge on any atom is 0.336 e. The molecular weight excluding hydrogens is 312 g/mol. The van der Waals surface area contributed by atoms with Crippen LogP contribution < -0.4 is 5.32 Å². The molecule has 2 atom stereocenters. The Morgan fingerprint density at radius 1 is 1.50 bits per heavy atom. The summed E-state index contributed by atoms with van der Waals surface area (Å²) in [7, 11) is 0. The summed E-state index contributed by atoms with van der Waals surface area (Å²) in [5, 5.41) is 13.6. The number of non-ortho nitro benzene ring substituents is 1. The van der Waals surface area contributed by atoms with Gasteiger partial charge in [0.25, 0.3) is 5.69 Å². The molecule has 0 saturated carbocycles. The molecular formula is C17H20N2O5. The van der Waals surface area contributed by atoms with Gasteiger partial charge in [-0.05, 0) is 25.8 Å². The van der Waals surface area contributed by atoms with Crippen molar-refractivity contribution in [3.8, 4) is 0 Å². The van der Waals surface area contributed by atoms with Gasteiger partial charge >= 0.3 is 5.97 Å². The number of nitro benzene ring substituents is 1. The normalized spacial score (nSPS) is 18.8. The fourth-order valence-electron chi connectivity index (χ4n) is 2.64. The highest BCUT2D eigenvalue weighted by Crippen LogP contribution is 2.35. The molecule has 128 valence electrons. The van der Waals surface area contributed by atoms with Crippen LogP contribution in [0.25, 0.3) is 0 Å². The highest BCUT2D eigenvalue weighted by atomic mass is 16.6. The lowest BCUT2D eigenvalue weighted by molar-refractivity contribution is -0.384. The van der Waals surface area contributed by atoms with Crippen molar-refractivity contribution in [1.82, 2.24) is 5.32 Å². The van der Waals surface area contributed by atoms with Gasteiger partial charge in [0.15, 0.2) is 0 Å². The van der Waals surface area contributed by atoms with E-state index in [2.05, 4.69) is 5.32 Å². The molecule has 24 heavy (non-hydrogen) atoms. The molecule has 0 aliphatic carbocycles. The van der Waals surface area contributed by atoms with Gasteiger partial charge in [-0.2, -0.15) is 0 Å². The molecule has 1 aliphatic rings. The van der Waals surface area contributed by atoms with Crippen molar-refractivity contribution in [2.45, 2.75) is 45.6 Å². The quantitative estimate of drug-likeness (QED) is 0.508. The topological polar surface area (TPSA) is 98.5 Å². The van der Waals surface area contributed by atoms with Crippen LogP contribution >= 0.6 is 0 Å². The van der Waals surface area contributed by atoms with Gasteiger partial charge in [-0.1, -0.05) is 19.1 Å². The molecule has 7 heteroatoms. The highest BCUT2D eigenvalue weighted by molar-refractivity contribution is 5.95. The van der Waals surface area contributed by atoms with E-state index in [0.29, 0.717) is 23.3 Å². The number of carbonyl (C=O) groups is 2. The maximum atomic E-state index is 12.5. The van der Waals surface area contributed by atoms with Crippen molar-refractivity contribution in [2.24, 2.45) is 0 Å². The Morgan fingerprint density at radius 3 is 2.83 bits per heavy atom. The Hall–Kier alpha value is -2.70.